The number of unbranched alkanes of at least 4 members (excludes halogenated alkanes) is 6. The summed E-state index contributed by atoms with van der Waals surface area (Å²) >= 11 is 0. The Morgan fingerprint density at radius 3 is 1.28 bits per heavy atom. The monoisotopic (exact) mass is 440 g/mol. The summed E-state index contributed by atoms with van der Waals surface area (Å²) in [6.07, 6.45) is 11.4. The number of rotatable bonds is 17. The van der Waals surface area contributed by atoms with Crippen molar-refractivity contribution in [2.45, 2.75) is 51.4 Å². The van der Waals surface area contributed by atoms with E-state index in [2.05, 4.69) is 10.2 Å². The maximum Gasteiger partial charge on any atom is 0.119 e. The van der Waals surface area contributed by atoms with Gasteiger partial charge in [-0.15, -0.1) is 0 Å². The van der Waals surface area contributed by atoms with Crippen molar-refractivity contribution >= 4 is 12.4 Å². The Balaban J connectivity index is 1.66. The fraction of sp³-hybridized carbons (Fsp3) is 0.462. The molecule has 0 aliphatic carbocycles. The molecule has 174 valence electrons. The van der Waals surface area contributed by atoms with E-state index in [1.807, 2.05) is 48.5 Å². The van der Waals surface area contributed by atoms with Crippen LogP contribution in [0.15, 0.2) is 58.7 Å². The zero-order chi connectivity index (χ0) is 22.7. The number of benzene rings is 2. The van der Waals surface area contributed by atoms with Gasteiger partial charge in [0.1, 0.15) is 11.5 Å². The van der Waals surface area contributed by atoms with E-state index in [9.17, 15) is 0 Å². The smallest absolute Gasteiger partial charge is 0.119 e. The van der Waals surface area contributed by atoms with Gasteiger partial charge in [-0.2, -0.15) is 10.2 Å². The molecule has 0 saturated heterocycles. The molecule has 0 atom stereocenters. The van der Waals surface area contributed by atoms with Crippen LogP contribution in [-0.4, -0.2) is 49.1 Å². The van der Waals surface area contributed by atoms with Gasteiger partial charge in [0.2, 0.25) is 0 Å². The Kier molecular flexibility index (Phi) is 13.5. The predicted molar refractivity (Wildman–Crippen MR) is 130 cm³/mol. The lowest BCUT2D eigenvalue weighted by molar-refractivity contribution is 0.273. The zero-order valence-corrected chi connectivity index (χ0v) is 18.9. The molecule has 0 heterocycles. The molecule has 0 amide bonds. The highest BCUT2D eigenvalue weighted by molar-refractivity contribution is 5.82. The van der Waals surface area contributed by atoms with Crippen LogP contribution in [0.4, 0.5) is 0 Å². The van der Waals surface area contributed by atoms with Crippen molar-refractivity contribution in [3.05, 3.63) is 59.7 Å². The molecule has 0 aliphatic rings. The minimum Gasteiger partial charge on any atom is -0.494 e. The molecule has 6 heteroatoms. The van der Waals surface area contributed by atoms with E-state index in [0.29, 0.717) is 13.2 Å². The van der Waals surface area contributed by atoms with Crippen LogP contribution < -0.4 is 9.47 Å². The molecule has 2 rings (SSSR count). The second-order valence-electron chi connectivity index (χ2n) is 7.60. The van der Waals surface area contributed by atoms with Gasteiger partial charge in [-0.05, 0) is 98.2 Å². The highest BCUT2D eigenvalue weighted by Crippen LogP contribution is 2.13. The predicted octanol–water partition coefficient (Wildman–Crippen LogP) is 5.00. The summed E-state index contributed by atoms with van der Waals surface area (Å²) in [6, 6.07) is 15.6. The standard InChI is InChI=1S/C26H36N2O4/c29-17-5-1-3-7-19-31-25-13-9-23(10-14-25)21-27-28-22-24-11-15-26(16-12-24)32-20-8-4-2-6-18-30/h9-16,21-22,29-30H,1-8,17-20H2/b27-21+,28-22+. The third-order valence-electron chi connectivity index (χ3n) is 4.88. The number of nitrogens with zero attached hydrogens (tertiary/aromatic N) is 2. The maximum atomic E-state index is 8.76. The van der Waals surface area contributed by atoms with Crippen LogP contribution in [0.25, 0.3) is 0 Å². The highest BCUT2D eigenvalue weighted by Gasteiger charge is 1.96. The molecule has 0 spiro atoms. The molecular weight excluding hydrogens is 404 g/mol. The Bertz CT molecular complexity index is 706. The van der Waals surface area contributed by atoms with E-state index >= 15 is 0 Å². The Hall–Kier alpha value is -2.70. The lowest BCUT2D eigenvalue weighted by Crippen LogP contribution is -1.97. The van der Waals surface area contributed by atoms with Gasteiger partial charge in [0, 0.05) is 13.2 Å². The van der Waals surface area contributed by atoms with Gasteiger partial charge < -0.3 is 19.7 Å². The topological polar surface area (TPSA) is 83.6 Å². The average Bonchev–Trinajstić information content (AvgIpc) is 2.83. The van der Waals surface area contributed by atoms with E-state index in [4.69, 9.17) is 19.7 Å². The van der Waals surface area contributed by atoms with E-state index in [1.54, 1.807) is 12.4 Å². The fourth-order valence-electron chi connectivity index (χ4n) is 3.02. The third kappa shape index (κ3) is 11.6. The summed E-state index contributed by atoms with van der Waals surface area (Å²) in [5, 5.41) is 25.8. The van der Waals surface area contributed by atoms with Crippen LogP contribution in [-0.2, 0) is 0 Å². The van der Waals surface area contributed by atoms with Crippen molar-refractivity contribution < 1.29 is 19.7 Å². The third-order valence-corrected chi connectivity index (χ3v) is 4.88. The number of hydrogen-bond acceptors (Lipinski definition) is 6. The first-order valence-electron chi connectivity index (χ1n) is 11.6. The van der Waals surface area contributed by atoms with Gasteiger partial charge in [-0.3, -0.25) is 0 Å². The summed E-state index contributed by atoms with van der Waals surface area (Å²) in [7, 11) is 0. The highest BCUT2D eigenvalue weighted by atomic mass is 16.5. The fourth-order valence-corrected chi connectivity index (χ4v) is 3.02. The first-order valence-corrected chi connectivity index (χ1v) is 11.6. The molecule has 0 fully saturated rings. The van der Waals surface area contributed by atoms with Crippen LogP contribution in [0.5, 0.6) is 11.5 Å². The summed E-state index contributed by atoms with van der Waals surface area (Å²) < 4.78 is 11.4. The largest absolute Gasteiger partial charge is 0.494 e. The molecule has 2 N–H and O–H groups in total. The van der Waals surface area contributed by atoms with Crippen LogP contribution in [0.1, 0.15) is 62.5 Å². The van der Waals surface area contributed by atoms with Crippen molar-refractivity contribution in [2.75, 3.05) is 26.4 Å². The second kappa shape index (κ2) is 16.9. The van der Waals surface area contributed by atoms with Crippen LogP contribution in [0.3, 0.4) is 0 Å². The Morgan fingerprint density at radius 2 is 0.906 bits per heavy atom. The van der Waals surface area contributed by atoms with E-state index in [-0.39, 0.29) is 13.2 Å². The minimum absolute atomic E-state index is 0.267. The number of aliphatic hydroxyl groups excluding tert-OH is 2. The van der Waals surface area contributed by atoms with Gasteiger partial charge >= 0.3 is 0 Å². The minimum atomic E-state index is 0.267. The number of aliphatic hydroxyl groups is 2. The van der Waals surface area contributed by atoms with Gasteiger partial charge in [-0.25, -0.2) is 0 Å². The molecule has 6 nitrogen and oxygen atoms in total. The summed E-state index contributed by atoms with van der Waals surface area (Å²) in [4.78, 5) is 0. The lowest BCUT2D eigenvalue weighted by Gasteiger charge is -2.06. The summed E-state index contributed by atoms with van der Waals surface area (Å²) in [5.41, 5.74) is 1.92. The summed E-state index contributed by atoms with van der Waals surface area (Å²) in [5.74, 6) is 1.69. The van der Waals surface area contributed by atoms with E-state index < -0.39 is 0 Å². The first-order chi connectivity index (χ1) is 15.8. The van der Waals surface area contributed by atoms with E-state index in [1.165, 1.54) is 0 Å². The van der Waals surface area contributed by atoms with Gasteiger partial charge in [0.15, 0.2) is 0 Å². The molecule has 0 bridgehead atoms. The molecule has 0 radical (unpaired) electrons. The molecule has 2 aromatic carbocycles. The van der Waals surface area contributed by atoms with Crippen molar-refractivity contribution in [3.63, 3.8) is 0 Å². The SMILES string of the molecule is OCCCCCCOc1ccc(/C=N/N=C/c2ccc(OCCCCCCO)cc2)cc1. The first kappa shape index (κ1) is 25.6. The van der Waals surface area contributed by atoms with Crippen molar-refractivity contribution in [1.29, 1.82) is 0 Å². The quantitative estimate of drug-likeness (QED) is 0.206. The molecular formula is C26H36N2O4. The van der Waals surface area contributed by atoms with Gasteiger partial charge in [-0.1, -0.05) is 12.8 Å². The average molecular weight is 441 g/mol. The van der Waals surface area contributed by atoms with Crippen LogP contribution in [0, 0.1) is 0 Å². The normalized spacial score (nSPS) is 11.4. The van der Waals surface area contributed by atoms with Crippen LogP contribution in [0.2, 0.25) is 0 Å². The Labute approximate surface area is 191 Å². The molecule has 0 unspecified atom stereocenters. The van der Waals surface area contributed by atoms with E-state index in [0.717, 1.165) is 74.0 Å². The summed E-state index contributed by atoms with van der Waals surface area (Å²) in [6.45, 7) is 1.92. The molecule has 32 heavy (non-hydrogen) atoms. The molecule has 0 aromatic heterocycles. The number of hydrogen-bond donors (Lipinski definition) is 2. The van der Waals surface area contributed by atoms with Crippen LogP contribution >= 0.6 is 0 Å². The second-order valence-corrected chi connectivity index (χ2v) is 7.60. The molecule has 0 aliphatic heterocycles. The molecule has 0 saturated carbocycles. The lowest BCUT2D eigenvalue weighted by atomic mass is 10.2. The van der Waals surface area contributed by atoms with Crippen molar-refractivity contribution in [3.8, 4) is 11.5 Å². The van der Waals surface area contributed by atoms with Gasteiger partial charge in [0.05, 0.1) is 25.6 Å². The Morgan fingerprint density at radius 1 is 0.531 bits per heavy atom. The zero-order valence-electron chi connectivity index (χ0n) is 18.9. The van der Waals surface area contributed by atoms with Gasteiger partial charge in [0.25, 0.3) is 0 Å². The molecule has 2 aromatic rings. The van der Waals surface area contributed by atoms with Crippen molar-refractivity contribution in [1.82, 2.24) is 0 Å². The maximum absolute atomic E-state index is 8.76. The van der Waals surface area contributed by atoms with Crippen molar-refractivity contribution in [2.24, 2.45) is 10.2 Å². The number of ether oxygens (including phenoxy) is 2.